The molecule has 0 amide bonds. The number of benzene rings is 2. The Labute approximate surface area is 189 Å². The summed E-state index contributed by atoms with van der Waals surface area (Å²) in [5.74, 6) is -1.63. The molecule has 4 rings (SSSR count). The first-order chi connectivity index (χ1) is 15.7. The Hall–Kier alpha value is -3.18. The van der Waals surface area contributed by atoms with Gasteiger partial charge in [-0.25, -0.2) is 17.2 Å². The van der Waals surface area contributed by atoms with Gasteiger partial charge < -0.3 is 9.26 Å². The summed E-state index contributed by atoms with van der Waals surface area (Å²) < 4.78 is 63.8. The Kier molecular flexibility index (Phi) is 6.52. The summed E-state index contributed by atoms with van der Waals surface area (Å²) in [6.07, 6.45) is 0.577. The molecule has 2 aromatic carbocycles. The van der Waals surface area contributed by atoms with E-state index in [1.165, 1.54) is 22.5 Å². The molecule has 1 aliphatic rings. The van der Waals surface area contributed by atoms with Crippen LogP contribution >= 0.6 is 0 Å². The van der Waals surface area contributed by atoms with Crippen molar-refractivity contribution in [3.63, 3.8) is 0 Å². The molecule has 0 spiro atoms. The fraction of sp³-hybridized carbons (Fsp3) is 0.318. The Morgan fingerprint density at radius 1 is 1.15 bits per heavy atom. The van der Waals surface area contributed by atoms with Crippen LogP contribution in [0, 0.1) is 24.5 Å². The minimum Gasteiger partial charge on any atom is -0.455 e. The van der Waals surface area contributed by atoms with Crippen molar-refractivity contribution in [3.8, 4) is 11.4 Å². The molecule has 33 heavy (non-hydrogen) atoms. The fourth-order valence-electron chi connectivity index (χ4n) is 3.50. The standard InChI is InChI=1S/C22H21F2N3O5S/c1-14-2-3-16(12-19(14)24)21-25-20(32-26-21)13-31-22(28)15-8-10-27(11-9-15)33(29,30)18-6-4-17(23)5-7-18/h2-7,12,15H,8-11,13H2,1H3. The second kappa shape index (κ2) is 9.36. The molecule has 3 aromatic rings. The van der Waals surface area contributed by atoms with E-state index in [1.54, 1.807) is 19.1 Å². The van der Waals surface area contributed by atoms with Crippen molar-refractivity contribution in [2.24, 2.45) is 5.92 Å². The molecule has 0 aliphatic carbocycles. The molecule has 0 saturated carbocycles. The normalized spacial score (nSPS) is 15.5. The Balaban J connectivity index is 1.30. The average molecular weight is 477 g/mol. The Morgan fingerprint density at radius 3 is 2.52 bits per heavy atom. The lowest BCUT2D eigenvalue weighted by Crippen LogP contribution is -2.40. The first-order valence-electron chi connectivity index (χ1n) is 10.3. The van der Waals surface area contributed by atoms with Gasteiger partial charge in [0.25, 0.3) is 5.89 Å². The monoisotopic (exact) mass is 477 g/mol. The summed E-state index contributed by atoms with van der Waals surface area (Å²) in [6, 6.07) is 9.17. The summed E-state index contributed by atoms with van der Waals surface area (Å²) in [4.78, 5) is 16.5. The van der Waals surface area contributed by atoms with Crippen molar-refractivity contribution in [1.29, 1.82) is 0 Å². The quantitative estimate of drug-likeness (QED) is 0.501. The lowest BCUT2D eigenvalue weighted by Gasteiger charge is -2.30. The van der Waals surface area contributed by atoms with Crippen molar-refractivity contribution in [2.45, 2.75) is 31.3 Å². The van der Waals surface area contributed by atoms with Crippen molar-refractivity contribution in [1.82, 2.24) is 14.4 Å². The molecule has 1 saturated heterocycles. The van der Waals surface area contributed by atoms with E-state index in [9.17, 15) is 22.0 Å². The Bertz CT molecular complexity index is 1250. The van der Waals surface area contributed by atoms with Gasteiger partial charge in [-0.05, 0) is 55.7 Å². The van der Waals surface area contributed by atoms with Gasteiger partial charge in [0.2, 0.25) is 15.8 Å². The number of ether oxygens (including phenoxy) is 1. The van der Waals surface area contributed by atoms with Gasteiger partial charge in [-0.3, -0.25) is 4.79 Å². The first kappa shape index (κ1) is 23.0. The van der Waals surface area contributed by atoms with Crippen LogP contribution in [0.3, 0.4) is 0 Å². The molecular weight excluding hydrogens is 456 g/mol. The molecule has 1 aliphatic heterocycles. The molecule has 0 bridgehead atoms. The number of hydrogen-bond donors (Lipinski definition) is 0. The van der Waals surface area contributed by atoms with Gasteiger partial charge in [0, 0.05) is 18.7 Å². The molecule has 0 radical (unpaired) electrons. The van der Waals surface area contributed by atoms with E-state index >= 15 is 0 Å². The average Bonchev–Trinajstić information content (AvgIpc) is 3.29. The number of piperidine rings is 1. The highest BCUT2D eigenvalue weighted by molar-refractivity contribution is 7.89. The molecule has 174 valence electrons. The maximum Gasteiger partial charge on any atom is 0.309 e. The van der Waals surface area contributed by atoms with Gasteiger partial charge >= 0.3 is 5.97 Å². The zero-order valence-electron chi connectivity index (χ0n) is 17.7. The van der Waals surface area contributed by atoms with Gasteiger partial charge in [0.05, 0.1) is 10.8 Å². The van der Waals surface area contributed by atoms with E-state index < -0.39 is 33.5 Å². The zero-order valence-corrected chi connectivity index (χ0v) is 18.5. The zero-order chi connectivity index (χ0) is 23.6. The van der Waals surface area contributed by atoms with Gasteiger partial charge in [-0.15, -0.1) is 0 Å². The number of carbonyl (C=O) groups is 1. The molecular formula is C22H21F2N3O5S. The van der Waals surface area contributed by atoms with Gasteiger partial charge in [0.15, 0.2) is 6.61 Å². The predicted octanol–water partition coefficient (Wildman–Crippen LogP) is 3.47. The molecule has 11 heteroatoms. The maximum atomic E-state index is 13.7. The number of carbonyl (C=O) groups excluding carboxylic acids is 1. The van der Waals surface area contributed by atoms with E-state index in [0.717, 1.165) is 12.1 Å². The second-order valence-corrected chi connectivity index (χ2v) is 9.65. The Morgan fingerprint density at radius 2 is 1.85 bits per heavy atom. The first-order valence-corrected chi connectivity index (χ1v) is 11.7. The second-order valence-electron chi connectivity index (χ2n) is 7.72. The topological polar surface area (TPSA) is 103 Å². The largest absolute Gasteiger partial charge is 0.455 e. The number of aromatic nitrogens is 2. The van der Waals surface area contributed by atoms with Crippen LogP contribution in [0.1, 0.15) is 24.3 Å². The predicted molar refractivity (Wildman–Crippen MR) is 112 cm³/mol. The van der Waals surface area contributed by atoms with E-state index in [1.807, 2.05) is 0 Å². The molecule has 8 nitrogen and oxygen atoms in total. The smallest absolute Gasteiger partial charge is 0.309 e. The van der Waals surface area contributed by atoms with E-state index in [0.29, 0.717) is 11.1 Å². The van der Waals surface area contributed by atoms with Crippen molar-refractivity contribution < 1.29 is 31.3 Å². The number of nitrogens with zero attached hydrogens (tertiary/aromatic N) is 3. The lowest BCUT2D eigenvalue weighted by atomic mass is 9.98. The third-order valence-corrected chi connectivity index (χ3v) is 7.39. The highest BCUT2D eigenvalue weighted by Crippen LogP contribution is 2.25. The third kappa shape index (κ3) is 5.09. The van der Waals surface area contributed by atoms with Gasteiger partial charge in [-0.1, -0.05) is 17.3 Å². The molecule has 0 N–H and O–H groups in total. The summed E-state index contributed by atoms with van der Waals surface area (Å²) in [5, 5.41) is 3.78. The van der Waals surface area contributed by atoms with Crippen LogP contribution in [0.4, 0.5) is 8.78 Å². The number of rotatable bonds is 6. The van der Waals surface area contributed by atoms with E-state index in [-0.39, 0.29) is 49.1 Å². The van der Waals surface area contributed by atoms with Crippen LogP contribution in [0.2, 0.25) is 0 Å². The number of esters is 1. The molecule has 1 aromatic heterocycles. The number of aryl methyl sites for hydroxylation is 1. The van der Waals surface area contributed by atoms with Crippen LogP contribution in [0.5, 0.6) is 0 Å². The van der Waals surface area contributed by atoms with Crippen LogP contribution in [0.25, 0.3) is 11.4 Å². The van der Waals surface area contributed by atoms with Crippen molar-refractivity contribution in [3.05, 3.63) is 65.6 Å². The van der Waals surface area contributed by atoms with Crippen LogP contribution < -0.4 is 0 Å². The van der Waals surface area contributed by atoms with Crippen LogP contribution in [0.15, 0.2) is 51.9 Å². The molecule has 0 atom stereocenters. The highest BCUT2D eigenvalue weighted by atomic mass is 32.2. The third-order valence-electron chi connectivity index (χ3n) is 5.47. The highest BCUT2D eigenvalue weighted by Gasteiger charge is 2.33. The lowest BCUT2D eigenvalue weighted by molar-refractivity contribution is -0.152. The summed E-state index contributed by atoms with van der Waals surface area (Å²) in [5.41, 5.74) is 0.932. The molecule has 2 heterocycles. The van der Waals surface area contributed by atoms with Gasteiger partial charge in [-0.2, -0.15) is 9.29 Å². The van der Waals surface area contributed by atoms with Crippen LogP contribution in [-0.2, 0) is 26.2 Å². The summed E-state index contributed by atoms with van der Waals surface area (Å²) in [7, 11) is -3.76. The number of halogens is 2. The maximum absolute atomic E-state index is 13.7. The van der Waals surface area contributed by atoms with Crippen molar-refractivity contribution >= 4 is 16.0 Å². The number of hydrogen-bond acceptors (Lipinski definition) is 7. The van der Waals surface area contributed by atoms with Crippen molar-refractivity contribution in [2.75, 3.05) is 13.1 Å². The van der Waals surface area contributed by atoms with Crippen LogP contribution in [-0.4, -0.2) is 41.9 Å². The minimum atomic E-state index is -3.76. The number of sulfonamides is 1. The van der Waals surface area contributed by atoms with Gasteiger partial charge in [0.1, 0.15) is 11.6 Å². The van der Waals surface area contributed by atoms with E-state index in [4.69, 9.17) is 9.26 Å². The molecule has 0 unspecified atom stereocenters. The minimum absolute atomic E-state index is 0.00517. The summed E-state index contributed by atoms with van der Waals surface area (Å²) in [6.45, 7) is 1.68. The molecule has 1 fully saturated rings. The van der Waals surface area contributed by atoms with E-state index in [2.05, 4.69) is 10.1 Å². The fourth-order valence-corrected chi connectivity index (χ4v) is 4.97. The summed E-state index contributed by atoms with van der Waals surface area (Å²) >= 11 is 0. The SMILES string of the molecule is Cc1ccc(-c2noc(COC(=O)C3CCN(S(=O)(=O)c4ccc(F)cc4)CC3)n2)cc1F.